The summed E-state index contributed by atoms with van der Waals surface area (Å²) < 4.78 is 40.2. The number of hydrogen-bond acceptors (Lipinski definition) is 3. The first-order valence-corrected chi connectivity index (χ1v) is 6.28. The number of ketones is 1. The van der Waals surface area contributed by atoms with E-state index in [9.17, 15) is 22.8 Å². The lowest BCUT2D eigenvalue weighted by molar-refractivity contribution is -0.274. The van der Waals surface area contributed by atoms with Gasteiger partial charge in [-0.15, -0.1) is 13.2 Å². The Labute approximate surface area is 123 Å². The lowest BCUT2D eigenvalue weighted by Crippen LogP contribution is -2.16. The number of hydrogen-bond donors (Lipinski definition) is 1. The van der Waals surface area contributed by atoms with Crippen LogP contribution in [-0.2, 0) is 0 Å². The highest BCUT2D eigenvalue weighted by molar-refractivity contribution is 6.06. The average Bonchev–Trinajstić information content (AvgIpc) is 2.74. The van der Waals surface area contributed by atoms with Gasteiger partial charge in [0, 0.05) is 16.8 Å². The van der Waals surface area contributed by atoms with Crippen molar-refractivity contribution in [1.82, 2.24) is 4.98 Å². The molecule has 0 saturated carbocycles. The summed E-state index contributed by atoms with van der Waals surface area (Å²) in [5.74, 6) is -0.618. The molecule has 4 nitrogen and oxygen atoms in total. The number of aldehydes is 1. The van der Waals surface area contributed by atoms with E-state index in [1.165, 1.54) is 19.1 Å². The van der Waals surface area contributed by atoms with Crippen molar-refractivity contribution in [2.45, 2.75) is 20.2 Å². The Hall–Kier alpha value is -2.57. The van der Waals surface area contributed by atoms with Crippen molar-refractivity contribution in [3.63, 3.8) is 0 Å². The first-order valence-electron chi connectivity index (χ1n) is 6.28. The van der Waals surface area contributed by atoms with Crippen LogP contribution in [0.4, 0.5) is 13.2 Å². The van der Waals surface area contributed by atoms with E-state index in [1.54, 1.807) is 6.92 Å². The molecule has 116 valence electrons. The molecule has 0 aliphatic heterocycles. The molecule has 1 aromatic heterocycles. The first kappa shape index (κ1) is 15.8. The number of carbonyl (C=O) groups is 2. The summed E-state index contributed by atoms with van der Waals surface area (Å²) in [4.78, 5) is 25.7. The maximum atomic E-state index is 12.1. The number of aromatic amines is 1. The molecule has 0 aliphatic rings. The standard InChI is InChI=1S/C15H12F3NO3/c1-8-13(9(2)21)14(12(7-20)19-8)10-3-5-11(6-4-10)22-15(16,17)18/h3-7,19H,1-2H3. The second kappa shape index (κ2) is 5.67. The molecular weight excluding hydrogens is 299 g/mol. The van der Waals surface area contributed by atoms with Crippen LogP contribution in [0.15, 0.2) is 24.3 Å². The fraction of sp³-hybridized carbons (Fsp3) is 0.200. The molecule has 1 heterocycles. The van der Waals surface area contributed by atoms with Gasteiger partial charge >= 0.3 is 6.36 Å². The summed E-state index contributed by atoms with van der Waals surface area (Å²) in [5, 5.41) is 0. The van der Waals surface area contributed by atoms with Crippen molar-refractivity contribution in [3.05, 3.63) is 41.2 Å². The zero-order chi connectivity index (χ0) is 16.5. The largest absolute Gasteiger partial charge is 0.573 e. The molecule has 7 heteroatoms. The van der Waals surface area contributed by atoms with Gasteiger partial charge in [-0.1, -0.05) is 12.1 Å². The molecule has 0 saturated heterocycles. The van der Waals surface area contributed by atoms with E-state index in [-0.39, 0.29) is 17.2 Å². The number of H-pyrrole nitrogens is 1. The number of alkyl halides is 3. The molecule has 0 fully saturated rings. The van der Waals surface area contributed by atoms with Crippen LogP contribution in [0.2, 0.25) is 0 Å². The Bertz CT molecular complexity index is 715. The van der Waals surface area contributed by atoms with Gasteiger partial charge < -0.3 is 9.72 Å². The molecule has 0 unspecified atom stereocenters. The van der Waals surface area contributed by atoms with Gasteiger partial charge in [0.15, 0.2) is 12.1 Å². The van der Waals surface area contributed by atoms with Gasteiger partial charge in [-0.3, -0.25) is 9.59 Å². The van der Waals surface area contributed by atoms with Crippen molar-refractivity contribution in [3.8, 4) is 16.9 Å². The van der Waals surface area contributed by atoms with Crippen LogP contribution < -0.4 is 4.74 Å². The van der Waals surface area contributed by atoms with Crippen LogP contribution in [-0.4, -0.2) is 23.4 Å². The summed E-state index contributed by atoms with van der Waals surface area (Å²) in [7, 11) is 0. The molecule has 1 N–H and O–H groups in total. The maximum absolute atomic E-state index is 12.1. The molecule has 0 atom stereocenters. The number of nitrogens with one attached hydrogen (secondary N) is 1. The molecule has 0 bridgehead atoms. The normalized spacial score (nSPS) is 11.3. The van der Waals surface area contributed by atoms with Crippen LogP contribution >= 0.6 is 0 Å². The van der Waals surface area contributed by atoms with E-state index in [4.69, 9.17) is 0 Å². The molecule has 0 radical (unpaired) electrons. The molecule has 0 aliphatic carbocycles. The third-order valence-electron chi connectivity index (χ3n) is 3.06. The highest BCUT2D eigenvalue weighted by Crippen LogP contribution is 2.32. The lowest BCUT2D eigenvalue weighted by atomic mass is 9.98. The third-order valence-corrected chi connectivity index (χ3v) is 3.06. The highest BCUT2D eigenvalue weighted by Gasteiger charge is 2.31. The minimum atomic E-state index is -4.77. The Kier molecular flexibility index (Phi) is 4.07. The van der Waals surface area contributed by atoms with E-state index in [2.05, 4.69) is 9.72 Å². The number of rotatable bonds is 4. The van der Waals surface area contributed by atoms with Crippen LogP contribution in [0.3, 0.4) is 0 Å². The number of ether oxygens (including phenoxy) is 1. The number of Topliss-reactive ketones (excluding diaryl/α,β-unsaturated/α-hetero) is 1. The molecular formula is C15H12F3NO3. The predicted octanol–water partition coefficient (Wildman–Crippen LogP) is 3.90. The van der Waals surface area contributed by atoms with Crippen molar-refractivity contribution in [2.24, 2.45) is 0 Å². The number of halogens is 3. The molecule has 2 aromatic rings. The third kappa shape index (κ3) is 3.19. The molecule has 1 aromatic carbocycles. The van der Waals surface area contributed by atoms with Crippen LogP contribution in [0.25, 0.3) is 11.1 Å². The van der Waals surface area contributed by atoms with Crippen LogP contribution in [0.1, 0.15) is 33.5 Å². The van der Waals surface area contributed by atoms with Crippen LogP contribution in [0.5, 0.6) is 5.75 Å². The lowest BCUT2D eigenvalue weighted by Gasteiger charge is -2.09. The van der Waals surface area contributed by atoms with Gasteiger partial charge in [0.2, 0.25) is 0 Å². The highest BCUT2D eigenvalue weighted by atomic mass is 19.4. The molecule has 22 heavy (non-hydrogen) atoms. The Balaban J connectivity index is 2.48. The Morgan fingerprint density at radius 2 is 1.82 bits per heavy atom. The monoisotopic (exact) mass is 311 g/mol. The zero-order valence-electron chi connectivity index (χ0n) is 11.7. The van der Waals surface area contributed by atoms with E-state index in [1.807, 2.05) is 0 Å². The van der Waals surface area contributed by atoms with E-state index < -0.39 is 6.36 Å². The van der Waals surface area contributed by atoms with Crippen molar-refractivity contribution < 1.29 is 27.5 Å². The van der Waals surface area contributed by atoms with Gasteiger partial charge in [-0.25, -0.2) is 0 Å². The summed E-state index contributed by atoms with van der Waals surface area (Å²) in [6.07, 6.45) is -4.21. The van der Waals surface area contributed by atoms with Gasteiger partial charge in [-0.05, 0) is 31.5 Å². The number of carbonyl (C=O) groups excluding carboxylic acids is 2. The first-order chi connectivity index (χ1) is 10.2. The average molecular weight is 311 g/mol. The quantitative estimate of drug-likeness (QED) is 0.688. The summed E-state index contributed by atoms with van der Waals surface area (Å²) in [6.45, 7) is 3.00. The Morgan fingerprint density at radius 3 is 2.27 bits per heavy atom. The summed E-state index contributed by atoms with van der Waals surface area (Å²) >= 11 is 0. The zero-order valence-corrected chi connectivity index (χ0v) is 11.7. The topological polar surface area (TPSA) is 59.2 Å². The predicted molar refractivity (Wildman–Crippen MR) is 73.0 cm³/mol. The number of benzene rings is 1. The minimum absolute atomic E-state index is 0.201. The fourth-order valence-corrected chi connectivity index (χ4v) is 2.30. The van der Waals surface area contributed by atoms with Gasteiger partial charge in [0.05, 0.1) is 5.69 Å². The number of aromatic nitrogens is 1. The van der Waals surface area contributed by atoms with Crippen molar-refractivity contribution in [1.29, 1.82) is 0 Å². The van der Waals surface area contributed by atoms with Gasteiger partial charge in [0.25, 0.3) is 0 Å². The maximum Gasteiger partial charge on any atom is 0.573 e. The van der Waals surface area contributed by atoms with Gasteiger partial charge in [0.1, 0.15) is 5.75 Å². The molecule has 0 amide bonds. The van der Waals surface area contributed by atoms with E-state index in [0.717, 1.165) is 12.1 Å². The summed E-state index contributed by atoms with van der Waals surface area (Å²) in [5.41, 5.74) is 1.89. The SMILES string of the molecule is CC(=O)c1c(C)[nH]c(C=O)c1-c1ccc(OC(F)(F)F)cc1. The molecule has 2 rings (SSSR count). The number of aryl methyl sites for hydroxylation is 1. The minimum Gasteiger partial charge on any atom is -0.406 e. The fourth-order valence-electron chi connectivity index (χ4n) is 2.30. The Morgan fingerprint density at radius 1 is 1.23 bits per heavy atom. The van der Waals surface area contributed by atoms with Gasteiger partial charge in [-0.2, -0.15) is 0 Å². The summed E-state index contributed by atoms with van der Waals surface area (Å²) in [6, 6.07) is 4.99. The van der Waals surface area contributed by atoms with Crippen molar-refractivity contribution in [2.75, 3.05) is 0 Å². The van der Waals surface area contributed by atoms with E-state index >= 15 is 0 Å². The second-order valence-corrected chi connectivity index (χ2v) is 4.66. The smallest absolute Gasteiger partial charge is 0.406 e. The van der Waals surface area contributed by atoms with Crippen molar-refractivity contribution >= 4 is 12.1 Å². The van der Waals surface area contributed by atoms with Crippen LogP contribution in [0, 0.1) is 6.92 Å². The second-order valence-electron chi connectivity index (χ2n) is 4.66. The van der Waals surface area contributed by atoms with E-state index in [0.29, 0.717) is 28.7 Å². The molecule has 0 spiro atoms.